The Morgan fingerprint density at radius 1 is 1.09 bits per heavy atom. The number of hydrogen-bond acceptors (Lipinski definition) is 4. The van der Waals surface area contributed by atoms with Crippen molar-refractivity contribution < 1.29 is 23.4 Å². The van der Waals surface area contributed by atoms with Gasteiger partial charge in [0.05, 0.1) is 19.7 Å². The van der Waals surface area contributed by atoms with E-state index in [1.807, 2.05) is 39.0 Å². The van der Waals surface area contributed by atoms with E-state index in [-0.39, 0.29) is 17.8 Å². The number of nitrogens with zero attached hydrogens (tertiary/aromatic N) is 1. The van der Waals surface area contributed by atoms with Crippen molar-refractivity contribution in [3.63, 3.8) is 0 Å². The van der Waals surface area contributed by atoms with E-state index in [9.17, 15) is 4.79 Å². The number of amides is 1. The average molecular weight is 483 g/mol. The third-order valence-electron chi connectivity index (χ3n) is 6.63. The first-order valence-electron chi connectivity index (χ1n) is 12.2. The standard InChI is InChI=1S/C28H35FN2O4/c1-7-20-21-14-19(17-10-12-31(13-11-17)27(32)35-28(2,3)4)15-22(29)26(21)30-25(20)18-8-9-23(33-5)24(16-18)34-6/h8-9,14-17,30H,7,10-13H2,1-6H3. The minimum atomic E-state index is -0.515. The summed E-state index contributed by atoms with van der Waals surface area (Å²) in [5, 5.41) is 0.904. The predicted octanol–water partition coefficient (Wildman–Crippen LogP) is 6.67. The van der Waals surface area contributed by atoms with E-state index in [1.165, 1.54) is 0 Å². The number of piperidine rings is 1. The Morgan fingerprint density at radius 2 is 1.77 bits per heavy atom. The lowest BCUT2D eigenvalue weighted by Crippen LogP contribution is -2.41. The van der Waals surface area contributed by atoms with Gasteiger partial charge in [-0.3, -0.25) is 0 Å². The van der Waals surface area contributed by atoms with E-state index in [4.69, 9.17) is 14.2 Å². The predicted molar refractivity (Wildman–Crippen MR) is 136 cm³/mol. The molecule has 0 bridgehead atoms. The highest BCUT2D eigenvalue weighted by atomic mass is 19.1. The molecule has 7 heteroatoms. The number of carbonyl (C=O) groups is 1. The van der Waals surface area contributed by atoms with Crippen molar-refractivity contribution in [2.75, 3.05) is 27.3 Å². The number of hydrogen-bond donors (Lipinski definition) is 1. The molecule has 35 heavy (non-hydrogen) atoms. The summed E-state index contributed by atoms with van der Waals surface area (Å²) in [6.07, 6.45) is 2.02. The molecule has 0 unspecified atom stereocenters. The molecule has 6 nitrogen and oxygen atoms in total. The highest BCUT2D eigenvalue weighted by Crippen LogP contribution is 2.39. The van der Waals surface area contributed by atoms with Gasteiger partial charge in [0, 0.05) is 29.7 Å². The van der Waals surface area contributed by atoms with Crippen molar-refractivity contribution in [3.05, 3.63) is 47.3 Å². The van der Waals surface area contributed by atoms with Crippen molar-refractivity contribution in [1.82, 2.24) is 9.88 Å². The molecule has 1 N–H and O–H groups in total. The first-order valence-corrected chi connectivity index (χ1v) is 12.2. The lowest BCUT2D eigenvalue weighted by Gasteiger charge is -2.33. The number of carbonyl (C=O) groups excluding carboxylic acids is 1. The van der Waals surface area contributed by atoms with Crippen LogP contribution in [-0.4, -0.2) is 48.9 Å². The summed E-state index contributed by atoms with van der Waals surface area (Å²) >= 11 is 0. The number of aromatic nitrogens is 1. The first-order chi connectivity index (χ1) is 16.6. The van der Waals surface area contributed by atoms with Gasteiger partial charge in [0.15, 0.2) is 11.5 Å². The topological polar surface area (TPSA) is 63.8 Å². The number of aryl methyl sites for hydroxylation is 1. The average Bonchev–Trinajstić information content (AvgIpc) is 3.21. The Balaban J connectivity index is 1.63. The molecule has 0 radical (unpaired) electrons. The van der Waals surface area contributed by atoms with Crippen molar-refractivity contribution in [2.45, 2.75) is 58.5 Å². The third kappa shape index (κ3) is 5.09. The Kier molecular flexibility index (Phi) is 6.97. The van der Waals surface area contributed by atoms with E-state index >= 15 is 4.39 Å². The molecule has 4 rings (SSSR count). The number of methoxy groups -OCH3 is 2. The molecule has 0 saturated carbocycles. The van der Waals surface area contributed by atoms with Crippen LogP contribution >= 0.6 is 0 Å². The van der Waals surface area contributed by atoms with Gasteiger partial charge in [-0.2, -0.15) is 0 Å². The van der Waals surface area contributed by atoms with Gasteiger partial charge in [0.25, 0.3) is 0 Å². The lowest BCUT2D eigenvalue weighted by molar-refractivity contribution is 0.0205. The maximum absolute atomic E-state index is 15.3. The van der Waals surface area contributed by atoms with Gasteiger partial charge < -0.3 is 24.1 Å². The summed E-state index contributed by atoms with van der Waals surface area (Å²) in [4.78, 5) is 17.5. The summed E-state index contributed by atoms with van der Waals surface area (Å²) in [6.45, 7) is 8.89. The van der Waals surface area contributed by atoms with Crippen LogP contribution in [0.1, 0.15) is 57.6 Å². The monoisotopic (exact) mass is 482 g/mol. The number of ether oxygens (including phenoxy) is 3. The zero-order chi connectivity index (χ0) is 25.3. The Labute approximate surface area is 206 Å². The minimum absolute atomic E-state index is 0.191. The van der Waals surface area contributed by atoms with Crippen molar-refractivity contribution in [3.8, 4) is 22.8 Å². The number of aromatic amines is 1. The summed E-state index contributed by atoms with van der Waals surface area (Å²) in [5.74, 6) is 1.21. The van der Waals surface area contributed by atoms with Crippen LogP contribution in [0.5, 0.6) is 11.5 Å². The SMILES string of the molecule is CCc1c(-c2ccc(OC)c(OC)c2)[nH]c2c(F)cc(C3CCN(C(=O)OC(C)(C)C)CC3)cc12. The molecule has 1 fully saturated rings. The maximum atomic E-state index is 15.3. The largest absolute Gasteiger partial charge is 0.493 e. The van der Waals surface area contributed by atoms with Crippen LogP contribution in [-0.2, 0) is 11.2 Å². The molecule has 1 saturated heterocycles. The first kappa shape index (κ1) is 24.9. The van der Waals surface area contributed by atoms with Gasteiger partial charge in [-0.25, -0.2) is 9.18 Å². The molecule has 1 aliphatic heterocycles. The fraction of sp³-hybridized carbons (Fsp3) is 0.464. The number of rotatable bonds is 5. The molecule has 2 aromatic carbocycles. The summed E-state index contributed by atoms with van der Waals surface area (Å²) in [6, 6.07) is 9.49. The lowest BCUT2D eigenvalue weighted by atomic mass is 9.88. The van der Waals surface area contributed by atoms with E-state index in [0.29, 0.717) is 30.1 Å². The van der Waals surface area contributed by atoms with Crippen molar-refractivity contribution in [2.24, 2.45) is 0 Å². The molecule has 3 aromatic rings. The Hall–Kier alpha value is -3.22. The molecule has 0 aliphatic carbocycles. The number of nitrogens with one attached hydrogen (secondary N) is 1. The maximum Gasteiger partial charge on any atom is 0.410 e. The van der Waals surface area contributed by atoms with Gasteiger partial charge in [-0.15, -0.1) is 0 Å². The summed E-state index contributed by atoms with van der Waals surface area (Å²) in [5.41, 5.74) is 3.85. The van der Waals surface area contributed by atoms with Crippen molar-refractivity contribution >= 4 is 17.0 Å². The molecule has 1 aliphatic rings. The fourth-order valence-corrected chi connectivity index (χ4v) is 4.89. The Bertz CT molecular complexity index is 1220. The molecular weight excluding hydrogens is 447 g/mol. The van der Waals surface area contributed by atoms with Crippen molar-refractivity contribution in [1.29, 1.82) is 0 Å². The second kappa shape index (κ2) is 9.80. The number of fused-ring (bicyclic) bond motifs is 1. The number of likely N-dealkylation sites (tertiary alicyclic amines) is 1. The van der Waals surface area contributed by atoms with Crippen LogP contribution in [0.3, 0.4) is 0 Å². The molecule has 1 amide bonds. The van der Waals surface area contributed by atoms with Gasteiger partial charge in [0.1, 0.15) is 11.4 Å². The van der Waals surface area contributed by atoms with Crippen LogP contribution in [0.25, 0.3) is 22.2 Å². The summed E-state index contributed by atoms with van der Waals surface area (Å²) in [7, 11) is 3.21. The summed E-state index contributed by atoms with van der Waals surface area (Å²) < 4.78 is 31.7. The normalized spacial score (nSPS) is 14.9. The number of H-pyrrole nitrogens is 1. The zero-order valence-corrected chi connectivity index (χ0v) is 21.5. The van der Waals surface area contributed by atoms with E-state index in [2.05, 4.69) is 18.0 Å². The Morgan fingerprint density at radius 3 is 2.37 bits per heavy atom. The van der Waals surface area contributed by atoms with Crippen LogP contribution in [0.15, 0.2) is 30.3 Å². The van der Waals surface area contributed by atoms with Crippen LogP contribution < -0.4 is 9.47 Å². The van der Waals surface area contributed by atoms with Gasteiger partial charge in [0.2, 0.25) is 0 Å². The second-order valence-corrected chi connectivity index (χ2v) is 10.1. The molecule has 1 aromatic heterocycles. The smallest absolute Gasteiger partial charge is 0.410 e. The molecule has 0 spiro atoms. The van der Waals surface area contributed by atoms with Gasteiger partial charge >= 0.3 is 6.09 Å². The van der Waals surface area contributed by atoms with Gasteiger partial charge in [-0.05, 0) is 87.4 Å². The second-order valence-electron chi connectivity index (χ2n) is 10.1. The quantitative estimate of drug-likeness (QED) is 0.441. The highest BCUT2D eigenvalue weighted by molar-refractivity contribution is 5.92. The fourth-order valence-electron chi connectivity index (χ4n) is 4.89. The zero-order valence-electron chi connectivity index (χ0n) is 21.5. The van der Waals surface area contributed by atoms with Crippen LogP contribution in [0.2, 0.25) is 0 Å². The van der Waals surface area contributed by atoms with Crippen LogP contribution in [0, 0.1) is 5.82 Å². The van der Waals surface area contributed by atoms with Gasteiger partial charge in [-0.1, -0.05) is 6.92 Å². The third-order valence-corrected chi connectivity index (χ3v) is 6.63. The van der Waals surface area contributed by atoms with E-state index in [1.54, 1.807) is 25.2 Å². The molecule has 188 valence electrons. The number of benzene rings is 2. The molecule has 0 atom stereocenters. The number of halogens is 1. The van der Waals surface area contributed by atoms with E-state index in [0.717, 1.165) is 47.0 Å². The van der Waals surface area contributed by atoms with Crippen LogP contribution in [0.4, 0.5) is 9.18 Å². The van der Waals surface area contributed by atoms with E-state index < -0.39 is 5.60 Å². The molecular formula is C28H35FN2O4. The molecule has 2 heterocycles. The highest BCUT2D eigenvalue weighted by Gasteiger charge is 2.28. The minimum Gasteiger partial charge on any atom is -0.493 e.